The summed E-state index contributed by atoms with van der Waals surface area (Å²) in [6.45, 7) is 17.6. The molecule has 0 unspecified atom stereocenters. The van der Waals surface area contributed by atoms with Gasteiger partial charge in [0, 0.05) is 11.0 Å². The number of methoxy groups -OCH3 is 1. The molecule has 0 N–H and O–H groups in total. The third-order valence-corrected chi connectivity index (χ3v) is 7.45. The van der Waals surface area contributed by atoms with Gasteiger partial charge in [-0.2, -0.15) is 0 Å². The van der Waals surface area contributed by atoms with Crippen LogP contribution in [0.15, 0.2) is 59.3 Å². The molecule has 152 valence electrons. The Hall–Kier alpha value is -1.87. The van der Waals surface area contributed by atoms with Crippen LogP contribution in [0.25, 0.3) is 0 Å². The van der Waals surface area contributed by atoms with E-state index in [-0.39, 0.29) is 22.9 Å². The Morgan fingerprint density at radius 1 is 1.39 bits per heavy atom. The van der Waals surface area contributed by atoms with Crippen molar-refractivity contribution in [1.29, 1.82) is 0 Å². The molecule has 2 aliphatic carbocycles. The normalized spacial score (nSPS) is 34.6. The SMILES string of the molecule is C=C/C(C)=C\CC[C@@]1(C)C2=CCC(C(=O)OC)=C3CO[C@@H](C[C@@H]1C(=C)C)[C@@]23C. The maximum absolute atomic E-state index is 12.4. The van der Waals surface area contributed by atoms with Crippen molar-refractivity contribution in [3.05, 3.63) is 59.3 Å². The van der Waals surface area contributed by atoms with E-state index in [1.165, 1.54) is 23.8 Å². The van der Waals surface area contributed by atoms with Crippen molar-refractivity contribution >= 4 is 5.97 Å². The van der Waals surface area contributed by atoms with E-state index < -0.39 is 0 Å². The highest BCUT2D eigenvalue weighted by Crippen LogP contribution is 2.64. The zero-order valence-corrected chi connectivity index (χ0v) is 18.1. The van der Waals surface area contributed by atoms with Crippen molar-refractivity contribution in [2.24, 2.45) is 16.7 Å². The predicted octanol–water partition coefficient (Wildman–Crippen LogP) is 5.71. The van der Waals surface area contributed by atoms with E-state index >= 15 is 0 Å². The zero-order chi connectivity index (χ0) is 20.7. The summed E-state index contributed by atoms with van der Waals surface area (Å²) in [5.41, 5.74) is 5.55. The first kappa shape index (κ1) is 20.9. The van der Waals surface area contributed by atoms with Crippen LogP contribution in [-0.2, 0) is 14.3 Å². The van der Waals surface area contributed by atoms with Crippen LogP contribution >= 0.6 is 0 Å². The van der Waals surface area contributed by atoms with Crippen LogP contribution in [0, 0.1) is 16.7 Å². The van der Waals surface area contributed by atoms with E-state index in [9.17, 15) is 4.79 Å². The van der Waals surface area contributed by atoms with Gasteiger partial charge in [0.15, 0.2) is 0 Å². The molecule has 0 radical (unpaired) electrons. The lowest BCUT2D eigenvalue weighted by Gasteiger charge is -2.55. The smallest absolute Gasteiger partial charge is 0.334 e. The minimum Gasteiger partial charge on any atom is -0.466 e. The molecule has 0 amide bonds. The van der Waals surface area contributed by atoms with Crippen molar-refractivity contribution < 1.29 is 14.3 Å². The third-order valence-electron chi connectivity index (χ3n) is 7.45. The molecular weight excluding hydrogens is 348 g/mol. The average molecular weight is 383 g/mol. The van der Waals surface area contributed by atoms with Gasteiger partial charge in [0.2, 0.25) is 0 Å². The molecule has 1 saturated heterocycles. The molecule has 1 aliphatic heterocycles. The number of carbonyl (C=O) groups excluding carboxylic acids is 1. The number of hydrogen-bond donors (Lipinski definition) is 0. The fourth-order valence-electron chi connectivity index (χ4n) is 5.83. The van der Waals surface area contributed by atoms with Gasteiger partial charge in [0.25, 0.3) is 0 Å². The molecule has 3 aliphatic rings. The molecule has 0 aromatic heterocycles. The summed E-state index contributed by atoms with van der Waals surface area (Å²) >= 11 is 0. The largest absolute Gasteiger partial charge is 0.466 e. The van der Waals surface area contributed by atoms with Gasteiger partial charge in [-0.25, -0.2) is 4.79 Å². The fourth-order valence-corrected chi connectivity index (χ4v) is 5.83. The molecule has 4 atom stereocenters. The molecule has 0 spiro atoms. The minimum atomic E-state index is -0.223. The van der Waals surface area contributed by atoms with Gasteiger partial charge in [-0.1, -0.05) is 55.0 Å². The molecule has 0 bridgehead atoms. The van der Waals surface area contributed by atoms with Crippen molar-refractivity contribution in [3.63, 3.8) is 0 Å². The second-order valence-corrected chi connectivity index (χ2v) is 9.02. The molecule has 2 fully saturated rings. The Balaban J connectivity index is 2.05. The minimum absolute atomic E-state index is 0.00433. The predicted molar refractivity (Wildman–Crippen MR) is 114 cm³/mol. The van der Waals surface area contributed by atoms with Crippen LogP contribution in [-0.4, -0.2) is 25.8 Å². The summed E-state index contributed by atoms with van der Waals surface area (Å²) < 4.78 is 11.3. The Morgan fingerprint density at radius 3 is 2.71 bits per heavy atom. The number of allylic oxidation sites excluding steroid dienone is 5. The molecule has 3 rings (SSSR count). The standard InChI is InChI=1S/C25H34O3/c1-8-17(4)10-9-13-24(5)19(16(2)3)14-22-25(6)20(15-28-22)18(23(26)27-7)11-12-21(24)25/h8,10,12,19,22H,1-2,9,11,13-15H2,3-7H3/b17-10-/t19-,22+,24-,25-/m1/s1. The molecule has 1 saturated carbocycles. The van der Waals surface area contributed by atoms with Crippen LogP contribution in [0.1, 0.15) is 53.4 Å². The Bertz CT molecular complexity index is 797. The summed E-state index contributed by atoms with van der Waals surface area (Å²) in [6.07, 6.45) is 10.2. The van der Waals surface area contributed by atoms with Gasteiger partial charge < -0.3 is 9.47 Å². The lowest BCUT2D eigenvalue weighted by molar-refractivity contribution is -0.136. The maximum Gasteiger partial charge on any atom is 0.334 e. The van der Waals surface area contributed by atoms with Crippen molar-refractivity contribution in [1.82, 2.24) is 0 Å². The summed E-state index contributed by atoms with van der Waals surface area (Å²) in [7, 11) is 1.46. The van der Waals surface area contributed by atoms with Gasteiger partial charge in [0.1, 0.15) is 0 Å². The Morgan fingerprint density at radius 2 is 2.11 bits per heavy atom. The van der Waals surface area contributed by atoms with Crippen LogP contribution in [0.4, 0.5) is 0 Å². The summed E-state index contributed by atoms with van der Waals surface area (Å²) in [6, 6.07) is 0. The lowest BCUT2D eigenvalue weighted by Crippen LogP contribution is -2.50. The fraction of sp³-hybridized carbons (Fsp3) is 0.560. The maximum atomic E-state index is 12.4. The van der Waals surface area contributed by atoms with Gasteiger partial charge in [0.05, 0.1) is 19.8 Å². The van der Waals surface area contributed by atoms with Gasteiger partial charge in [-0.05, 0) is 63.4 Å². The first-order chi connectivity index (χ1) is 13.2. The van der Waals surface area contributed by atoms with Crippen LogP contribution in [0.5, 0.6) is 0 Å². The topological polar surface area (TPSA) is 35.5 Å². The van der Waals surface area contributed by atoms with Gasteiger partial charge in [-0.3, -0.25) is 0 Å². The number of rotatable bonds is 6. The Labute approximate surface area is 169 Å². The first-order valence-electron chi connectivity index (χ1n) is 10.3. The first-order valence-corrected chi connectivity index (χ1v) is 10.3. The Kier molecular flexibility index (Phi) is 5.60. The van der Waals surface area contributed by atoms with Gasteiger partial charge in [-0.15, -0.1) is 0 Å². The molecule has 28 heavy (non-hydrogen) atoms. The second kappa shape index (κ2) is 7.51. The molecule has 0 aromatic rings. The lowest BCUT2D eigenvalue weighted by atomic mass is 9.49. The summed E-state index contributed by atoms with van der Waals surface area (Å²) in [5.74, 6) is 0.150. The van der Waals surface area contributed by atoms with E-state index in [1.807, 2.05) is 6.08 Å². The monoisotopic (exact) mass is 382 g/mol. The molecule has 3 nitrogen and oxygen atoms in total. The highest BCUT2D eigenvalue weighted by atomic mass is 16.5. The quantitative estimate of drug-likeness (QED) is 0.335. The van der Waals surface area contributed by atoms with Crippen LogP contribution in [0.3, 0.4) is 0 Å². The van der Waals surface area contributed by atoms with Gasteiger partial charge >= 0.3 is 5.97 Å². The number of ether oxygens (including phenoxy) is 2. The van der Waals surface area contributed by atoms with E-state index in [1.54, 1.807) is 0 Å². The molecule has 1 heterocycles. The van der Waals surface area contributed by atoms with Crippen LogP contribution < -0.4 is 0 Å². The zero-order valence-electron chi connectivity index (χ0n) is 18.1. The summed E-state index contributed by atoms with van der Waals surface area (Å²) in [5, 5.41) is 0. The van der Waals surface area contributed by atoms with E-state index in [2.05, 4.69) is 53.0 Å². The van der Waals surface area contributed by atoms with Crippen molar-refractivity contribution in [3.8, 4) is 0 Å². The van der Waals surface area contributed by atoms with Crippen molar-refractivity contribution in [2.45, 2.75) is 59.5 Å². The van der Waals surface area contributed by atoms with Crippen LogP contribution in [0.2, 0.25) is 0 Å². The summed E-state index contributed by atoms with van der Waals surface area (Å²) in [4.78, 5) is 12.4. The van der Waals surface area contributed by atoms with E-state index in [0.29, 0.717) is 18.9 Å². The number of hydrogen-bond acceptors (Lipinski definition) is 3. The number of esters is 1. The highest BCUT2D eigenvalue weighted by molar-refractivity contribution is 5.91. The molecule has 0 aromatic carbocycles. The highest BCUT2D eigenvalue weighted by Gasteiger charge is 2.60. The average Bonchev–Trinajstić information content (AvgIpc) is 3.00. The van der Waals surface area contributed by atoms with E-state index in [4.69, 9.17) is 9.47 Å². The second-order valence-electron chi connectivity index (χ2n) is 9.02. The number of carbonyl (C=O) groups is 1. The van der Waals surface area contributed by atoms with Crippen molar-refractivity contribution in [2.75, 3.05) is 13.7 Å². The van der Waals surface area contributed by atoms with E-state index in [0.717, 1.165) is 30.4 Å². The molecule has 3 heteroatoms. The molecular formula is C25H34O3. The third kappa shape index (κ3) is 3.04.